The molecule has 1 unspecified atom stereocenters. The lowest BCUT2D eigenvalue weighted by Crippen LogP contribution is -2.46. The fourth-order valence-electron chi connectivity index (χ4n) is 2.68. The SMILES string of the molecule is CC(C)(CO)C(O)C(=O)NCCC(=O)C(=O)NCc1ccc(-c2ccccc2)cc1. The highest BCUT2D eigenvalue weighted by Crippen LogP contribution is 2.20. The Morgan fingerprint density at radius 3 is 2.13 bits per heavy atom. The van der Waals surface area contributed by atoms with Gasteiger partial charge in [-0.2, -0.15) is 0 Å². The van der Waals surface area contributed by atoms with Crippen LogP contribution in [-0.2, 0) is 20.9 Å². The van der Waals surface area contributed by atoms with Gasteiger partial charge in [-0.05, 0) is 16.7 Å². The molecular formula is C23H28N2O5. The predicted molar refractivity (Wildman–Crippen MR) is 113 cm³/mol. The molecule has 0 aliphatic heterocycles. The van der Waals surface area contributed by atoms with E-state index in [0.29, 0.717) is 0 Å². The molecule has 0 radical (unpaired) electrons. The Bertz CT molecular complexity index is 863. The number of ketones is 1. The van der Waals surface area contributed by atoms with Crippen LogP contribution in [0.5, 0.6) is 0 Å². The summed E-state index contributed by atoms with van der Waals surface area (Å²) in [5.41, 5.74) is 2.02. The standard InChI is InChI=1S/C23H28N2O5/c1-23(2,15-26)20(28)22(30)24-13-12-19(27)21(29)25-14-16-8-10-18(11-9-16)17-6-4-3-5-7-17/h3-11,20,26,28H,12-15H2,1-2H3,(H,24,30)(H,25,29). The van der Waals surface area contributed by atoms with E-state index in [-0.39, 0.29) is 26.1 Å². The number of hydrogen-bond donors (Lipinski definition) is 4. The van der Waals surface area contributed by atoms with Gasteiger partial charge in [0, 0.05) is 24.9 Å². The van der Waals surface area contributed by atoms with E-state index < -0.39 is 29.1 Å². The van der Waals surface area contributed by atoms with Crippen LogP contribution in [0.3, 0.4) is 0 Å². The molecular weight excluding hydrogens is 384 g/mol. The molecule has 0 saturated heterocycles. The zero-order chi connectivity index (χ0) is 22.1. The third-order valence-corrected chi connectivity index (χ3v) is 4.81. The van der Waals surface area contributed by atoms with Crippen LogP contribution < -0.4 is 10.6 Å². The molecule has 0 aliphatic rings. The third kappa shape index (κ3) is 6.50. The van der Waals surface area contributed by atoms with Gasteiger partial charge < -0.3 is 20.8 Å². The molecule has 7 nitrogen and oxygen atoms in total. The number of rotatable bonds is 10. The van der Waals surface area contributed by atoms with Crippen LogP contribution in [0.25, 0.3) is 11.1 Å². The lowest BCUT2D eigenvalue weighted by molar-refractivity contribution is -0.139. The number of aliphatic hydroxyl groups excluding tert-OH is 2. The van der Waals surface area contributed by atoms with Crippen LogP contribution in [0.1, 0.15) is 25.8 Å². The summed E-state index contributed by atoms with van der Waals surface area (Å²) in [7, 11) is 0. The smallest absolute Gasteiger partial charge is 0.287 e. The number of amides is 2. The zero-order valence-corrected chi connectivity index (χ0v) is 17.2. The maximum absolute atomic E-state index is 12.0. The highest BCUT2D eigenvalue weighted by atomic mass is 16.3. The second kappa shape index (κ2) is 10.7. The fourth-order valence-corrected chi connectivity index (χ4v) is 2.68. The van der Waals surface area contributed by atoms with Crippen LogP contribution in [0.2, 0.25) is 0 Å². The molecule has 7 heteroatoms. The predicted octanol–water partition coefficient (Wildman–Crippen LogP) is 1.42. The summed E-state index contributed by atoms with van der Waals surface area (Å²) in [6.45, 7) is 2.87. The number of Topliss-reactive ketones (excluding diaryl/α,β-unsaturated/α-hetero) is 1. The van der Waals surface area contributed by atoms with E-state index in [1.165, 1.54) is 0 Å². The van der Waals surface area contributed by atoms with Gasteiger partial charge >= 0.3 is 0 Å². The Morgan fingerprint density at radius 1 is 0.933 bits per heavy atom. The van der Waals surface area contributed by atoms with Gasteiger partial charge in [0.15, 0.2) is 0 Å². The minimum Gasteiger partial charge on any atom is -0.396 e. The van der Waals surface area contributed by atoms with Crippen molar-refractivity contribution in [2.45, 2.75) is 32.9 Å². The normalized spacial score (nSPS) is 12.1. The highest BCUT2D eigenvalue weighted by molar-refractivity contribution is 6.36. The second-order valence-electron chi connectivity index (χ2n) is 7.76. The van der Waals surface area contributed by atoms with Crippen molar-refractivity contribution >= 4 is 17.6 Å². The minimum atomic E-state index is -1.41. The number of benzene rings is 2. The fraction of sp³-hybridized carbons (Fsp3) is 0.348. The summed E-state index contributed by atoms with van der Waals surface area (Å²) in [5, 5.41) is 24.0. The van der Waals surface area contributed by atoms with Gasteiger partial charge in [0.05, 0.1) is 6.61 Å². The maximum atomic E-state index is 12.0. The zero-order valence-electron chi connectivity index (χ0n) is 17.2. The number of aliphatic hydroxyl groups is 2. The van der Waals surface area contributed by atoms with E-state index >= 15 is 0 Å². The molecule has 0 fully saturated rings. The van der Waals surface area contributed by atoms with Gasteiger partial charge in [-0.15, -0.1) is 0 Å². The lowest BCUT2D eigenvalue weighted by atomic mass is 9.87. The molecule has 0 heterocycles. The molecule has 1 atom stereocenters. The van der Waals surface area contributed by atoms with Crippen LogP contribution in [-0.4, -0.2) is 47.1 Å². The van der Waals surface area contributed by atoms with E-state index in [4.69, 9.17) is 0 Å². The Balaban J connectivity index is 1.75. The van der Waals surface area contributed by atoms with Crippen molar-refractivity contribution in [1.82, 2.24) is 10.6 Å². The van der Waals surface area contributed by atoms with E-state index in [9.17, 15) is 24.6 Å². The number of carbonyl (C=O) groups is 3. The molecule has 4 N–H and O–H groups in total. The van der Waals surface area contributed by atoms with Crippen LogP contribution in [0.15, 0.2) is 54.6 Å². The van der Waals surface area contributed by atoms with Gasteiger partial charge in [-0.1, -0.05) is 68.4 Å². The molecule has 0 saturated carbocycles. The van der Waals surface area contributed by atoms with Gasteiger partial charge in [0.1, 0.15) is 6.10 Å². The van der Waals surface area contributed by atoms with Gasteiger partial charge in [-0.25, -0.2) is 0 Å². The number of nitrogens with one attached hydrogen (secondary N) is 2. The first-order valence-electron chi connectivity index (χ1n) is 9.76. The van der Waals surface area contributed by atoms with Crippen LogP contribution in [0.4, 0.5) is 0 Å². The third-order valence-electron chi connectivity index (χ3n) is 4.81. The minimum absolute atomic E-state index is 0.0740. The topological polar surface area (TPSA) is 116 Å². The monoisotopic (exact) mass is 412 g/mol. The number of hydrogen-bond acceptors (Lipinski definition) is 5. The van der Waals surface area contributed by atoms with E-state index in [1.807, 2.05) is 54.6 Å². The molecule has 0 aliphatic carbocycles. The molecule has 0 bridgehead atoms. The molecule has 2 rings (SSSR count). The van der Waals surface area contributed by atoms with Crippen molar-refractivity contribution in [3.63, 3.8) is 0 Å². The van der Waals surface area contributed by atoms with Crippen molar-refractivity contribution < 1.29 is 24.6 Å². The van der Waals surface area contributed by atoms with E-state index in [0.717, 1.165) is 16.7 Å². The van der Waals surface area contributed by atoms with Crippen molar-refractivity contribution in [2.24, 2.45) is 5.41 Å². The highest BCUT2D eigenvalue weighted by Gasteiger charge is 2.32. The average Bonchev–Trinajstić information content (AvgIpc) is 2.77. The first kappa shape index (κ1) is 23.3. The summed E-state index contributed by atoms with van der Waals surface area (Å²) in [4.78, 5) is 35.8. The lowest BCUT2D eigenvalue weighted by Gasteiger charge is -2.27. The van der Waals surface area contributed by atoms with Crippen molar-refractivity contribution in [1.29, 1.82) is 0 Å². The summed E-state index contributed by atoms with van der Waals surface area (Å²) >= 11 is 0. The molecule has 160 valence electrons. The van der Waals surface area contributed by atoms with Gasteiger partial charge in [0.2, 0.25) is 11.7 Å². The summed E-state index contributed by atoms with van der Waals surface area (Å²) in [6.07, 6.45) is -1.60. The first-order chi connectivity index (χ1) is 14.2. The number of carbonyl (C=O) groups excluding carboxylic acids is 3. The van der Waals surface area contributed by atoms with Crippen molar-refractivity contribution in [2.75, 3.05) is 13.2 Å². The largest absolute Gasteiger partial charge is 0.396 e. The van der Waals surface area contributed by atoms with Gasteiger partial charge in [-0.3, -0.25) is 14.4 Å². The van der Waals surface area contributed by atoms with Crippen LogP contribution in [0, 0.1) is 5.41 Å². The van der Waals surface area contributed by atoms with Gasteiger partial charge in [0.25, 0.3) is 5.91 Å². The Hall–Kier alpha value is -3.03. The maximum Gasteiger partial charge on any atom is 0.287 e. The second-order valence-corrected chi connectivity index (χ2v) is 7.76. The Kier molecular flexibility index (Phi) is 8.26. The Morgan fingerprint density at radius 2 is 1.53 bits per heavy atom. The first-order valence-corrected chi connectivity index (χ1v) is 9.76. The molecule has 2 amide bonds. The van der Waals surface area contributed by atoms with Crippen LogP contribution >= 0.6 is 0 Å². The van der Waals surface area contributed by atoms with Crippen molar-refractivity contribution in [3.8, 4) is 11.1 Å². The van der Waals surface area contributed by atoms with Crippen molar-refractivity contribution in [3.05, 3.63) is 60.2 Å². The summed E-state index contributed by atoms with van der Waals surface area (Å²) in [6, 6.07) is 17.6. The van der Waals surface area contributed by atoms with E-state index in [2.05, 4.69) is 10.6 Å². The molecule has 0 spiro atoms. The summed E-state index contributed by atoms with van der Waals surface area (Å²) in [5.74, 6) is -2.08. The quantitative estimate of drug-likeness (QED) is 0.441. The summed E-state index contributed by atoms with van der Waals surface area (Å²) < 4.78 is 0. The molecule has 2 aromatic carbocycles. The molecule has 30 heavy (non-hydrogen) atoms. The Labute approximate surface area is 176 Å². The average molecular weight is 412 g/mol. The molecule has 2 aromatic rings. The molecule has 0 aromatic heterocycles. The van der Waals surface area contributed by atoms with E-state index in [1.54, 1.807) is 13.8 Å².